The van der Waals surface area contributed by atoms with Crippen molar-refractivity contribution in [2.24, 2.45) is 5.73 Å². The van der Waals surface area contributed by atoms with E-state index in [0.29, 0.717) is 0 Å². The van der Waals surface area contributed by atoms with E-state index in [1.165, 1.54) is 16.3 Å². The van der Waals surface area contributed by atoms with Crippen LogP contribution in [-0.2, 0) is 10.2 Å². The van der Waals surface area contributed by atoms with Crippen LogP contribution in [0.25, 0.3) is 10.8 Å². The number of hydrogen-bond acceptors (Lipinski definition) is 2. The number of hydrogen-bond donors (Lipinski definition) is 1. The van der Waals surface area contributed by atoms with E-state index in [1.807, 2.05) is 0 Å². The molecule has 0 aromatic heterocycles. The van der Waals surface area contributed by atoms with Gasteiger partial charge in [0.15, 0.2) is 0 Å². The maximum absolute atomic E-state index is 6.01. The summed E-state index contributed by atoms with van der Waals surface area (Å²) < 4.78 is 5.49. The maximum Gasteiger partial charge on any atom is 0.0586 e. The predicted molar refractivity (Wildman–Crippen MR) is 74.7 cm³/mol. The molecular formula is C16H19NO. The van der Waals surface area contributed by atoms with Gasteiger partial charge in [-0.2, -0.15) is 0 Å². The van der Waals surface area contributed by atoms with Crippen molar-refractivity contribution < 1.29 is 4.74 Å². The lowest BCUT2D eigenvalue weighted by molar-refractivity contribution is -0.0657. The molecule has 2 nitrogen and oxygen atoms in total. The Kier molecular flexibility index (Phi) is 2.84. The van der Waals surface area contributed by atoms with Gasteiger partial charge in [-0.1, -0.05) is 42.5 Å². The van der Waals surface area contributed by atoms with Crippen LogP contribution in [0, 0.1) is 0 Å². The van der Waals surface area contributed by atoms with Crippen molar-refractivity contribution >= 4 is 10.8 Å². The standard InChI is InChI=1S/C16H19NO/c1-12(17)9-16(10-18-11-16)15-8-4-6-13-5-2-3-7-14(13)15/h2-8,12H,9-11,17H2,1H3. The van der Waals surface area contributed by atoms with Gasteiger partial charge in [0.05, 0.1) is 13.2 Å². The number of fused-ring (bicyclic) bond motifs is 1. The summed E-state index contributed by atoms with van der Waals surface area (Å²) >= 11 is 0. The van der Waals surface area contributed by atoms with Crippen LogP contribution in [-0.4, -0.2) is 19.3 Å². The summed E-state index contributed by atoms with van der Waals surface area (Å²) in [4.78, 5) is 0. The molecule has 94 valence electrons. The largest absolute Gasteiger partial charge is 0.379 e. The minimum absolute atomic E-state index is 0.120. The van der Waals surface area contributed by atoms with Gasteiger partial charge >= 0.3 is 0 Å². The highest BCUT2D eigenvalue weighted by molar-refractivity contribution is 5.86. The molecule has 1 fully saturated rings. The van der Waals surface area contributed by atoms with E-state index in [-0.39, 0.29) is 11.5 Å². The molecule has 1 atom stereocenters. The third-order valence-corrected chi connectivity index (χ3v) is 3.83. The Hall–Kier alpha value is -1.38. The molecule has 2 heteroatoms. The highest BCUT2D eigenvalue weighted by Crippen LogP contribution is 2.40. The van der Waals surface area contributed by atoms with Crippen LogP contribution in [0.1, 0.15) is 18.9 Å². The van der Waals surface area contributed by atoms with Crippen LogP contribution >= 0.6 is 0 Å². The summed E-state index contributed by atoms with van der Waals surface area (Å²) in [5.41, 5.74) is 7.53. The number of nitrogens with two attached hydrogens (primary N) is 1. The fraction of sp³-hybridized carbons (Fsp3) is 0.375. The van der Waals surface area contributed by atoms with Gasteiger partial charge in [-0.15, -0.1) is 0 Å². The Morgan fingerprint density at radius 3 is 2.56 bits per heavy atom. The van der Waals surface area contributed by atoms with Crippen molar-refractivity contribution in [2.75, 3.05) is 13.2 Å². The van der Waals surface area contributed by atoms with Crippen molar-refractivity contribution in [1.29, 1.82) is 0 Å². The molecule has 1 aliphatic rings. The molecule has 0 spiro atoms. The zero-order valence-electron chi connectivity index (χ0n) is 10.7. The second-order valence-corrected chi connectivity index (χ2v) is 5.48. The molecule has 0 aliphatic carbocycles. The van der Waals surface area contributed by atoms with Crippen molar-refractivity contribution in [3.8, 4) is 0 Å². The SMILES string of the molecule is CC(N)CC1(c2cccc3ccccc23)COC1. The fourth-order valence-corrected chi connectivity index (χ4v) is 3.04. The number of rotatable bonds is 3. The minimum Gasteiger partial charge on any atom is -0.379 e. The monoisotopic (exact) mass is 241 g/mol. The average molecular weight is 241 g/mol. The molecular weight excluding hydrogens is 222 g/mol. The molecule has 2 N–H and O–H groups in total. The second-order valence-electron chi connectivity index (χ2n) is 5.48. The lowest BCUT2D eigenvalue weighted by Gasteiger charge is -2.43. The number of ether oxygens (including phenoxy) is 1. The van der Waals surface area contributed by atoms with Gasteiger partial charge in [-0.3, -0.25) is 0 Å². The van der Waals surface area contributed by atoms with Crippen LogP contribution in [0.15, 0.2) is 42.5 Å². The van der Waals surface area contributed by atoms with Crippen LogP contribution in [0.3, 0.4) is 0 Å². The lowest BCUT2D eigenvalue weighted by atomic mass is 9.72. The van der Waals surface area contributed by atoms with Gasteiger partial charge in [0.25, 0.3) is 0 Å². The van der Waals surface area contributed by atoms with E-state index in [4.69, 9.17) is 10.5 Å². The summed E-state index contributed by atoms with van der Waals surface area (Å²) in [6.45, 7) is 3.66. The average Bonchev–Trinajstić information content (AvgIpc) is 2.33. The molecule has 1 unspecified atom stereocenters. The van der Waals surface area contributed by atoms with Crippen LogP contribution < -0.4 is 5.73 Å². The molecule has 0 saturated carbocycles. The normalized spacial score (nSPS) is 19.4. The first-order valence-electron chi connectivity index (χ1n) is 6.53. The first kappa shape index (κ1) is 11.7. The highest BCUT2D eigenvalue weighted by Gasteiger charge is 2.41. The minimum atomic E-state index is 0.120. The lowest BCUT2D eigenvalue weighted by Crippen LogP contribution is -2.49. The molecule has 0 radical (unpaired) electrons. The first-order chi connectivity index (χ1) is 8.71. The Balaban J connectivity index is 2.12. The molecule has 18 heavy (non-hydrogen) atoms. The van der Waals surface area contributed by atoms with E-state index in [0.717, 1.165) is 19.6 Å². The molecule has 2 aromatic carbocycles. The third-order valence-electron chi connectivity index (χ3n) is 3.83. The van der Waals surface area contributed by atoms with E-state index < -0.39 is 0 Å². The zero-order chi connectivity index (χ0) is 12.6. The Bertz CT molecular complexity index is 553. The smallest absolute Gasteiger partial charge is 0.0586 e. The van der Waals surface area contributed by atoms with Gasteiger partial charge in [0.1, 0.15) is 0 Å². The van der Waals surface area contributed by atoms with Gasteiger partial charge in [0.2, 0.25) is 0 Å². The summed E-state index contributed by atoms with van der Waals surface area (Å²) in [7, 11) is 0. The quantitative estimate of drug-likeness (QED) is 0.896. The molecule has 0 bridgehead atoms. The molecule has 2 aromatic rings. The van der Waals surface area contributed by atoms with Crippen molar-refractivity contribution in [3.63, 3.8) is 0 Å². The zero-order valence-corrected chi connectivity index (χ0v) is 10.7. The first-order valence-corrected chi connectivity index (χ1v) is 6.53. The molecule has 3 rings (SSSR count). The van der Waals surface area contributed by atoms with E-state index in [1.54, 1.807) is 0 Å². The fourth-order valence-electron chi connectivity index (χ4n) is 3.04. The summed E-state index contributed by atoms with van der Waals surface area (Å²) in [6.07, 6.45) is 0.987. The summed E-state index contributed by atoms with van der Waals surface area (Å²) in [6, 6.07) is 15.3. The van der Waals surface area contributed by atoms with Crippen molar-refractivity contribution in [1.82, 2.24) is 0 Å². The van der Waals surface area contributed by atoms with Crippen molar-refractivity contribution in [3.05, 3.63) is 48.0 Å². The summed E-state index contributed by atoms with van der Waals surface area (Å²) in [5, 5.41) is 2.63. The molecule has 1 aliphatic heterocycles. The van der Waals surface area contributed by atoms with Gasteiger partial charge in [0, 0.05) is 11.5 Å². The number of benzene rings is 2. The maximum atomic E-state index is 6.01. The second kappa shape index (κ2) is 4.38. The predicted octanol–water partition coefficient (Wildman–Crippen LogP) is 2.85. The third kappa shape index (κ3) is 1.82. The Labute approximate surface area is 108 Å². The highest BCUT2D eigenvalue weighted by atomic mass is 16.5. The van der Waals surface area contributed by atoms with Crippen molar-refractivity contribution in [2.45, 2.75) is 24.8 Å². The molecule has 1 heterocycles. The van der Waals surface area contributed by atoms with Gasteiger partial charge < -0.3 is 10.5 Å². The van der Waals surface area contributed by atoms with Crippen LogP contribution in [0.5, 0.6) is 0 Å². The van der Waals surface area contributed by atoms with Crippen LogP contribution in [0.4, 0.5) is 0 Å². The van der Waals surface area contributed by atoms with E-state index in [9.17, 15) is 0 Å². The van der Waals surface area contributed by atoms with E-state index >= 15 is 0 Å². The van der Waals surface area contributed by atoms with Gasteiger partial charge in [-0.25, -0.2) is 0 Å². The van der Waals surface area contributed by atoms with Gasteiger partial charge in [-0.05, 0) is 29.7 Å². The molecule has 0 amide bonds. The van der Waals surface area contributed by atoms with E-state index in [2.05, 4.69) is 49.4 Å². The summed E-state index contributed by atoms with van der Waals surface area (Å²) in [5.74, 6) is 0. The van der Waals surface area contributed by atoms with Crippen LogP contribution in [0.2, 0.25) is 0 Å². The topological polar surface area (TPSA) is 35.2 Å². The Morgan fingerprint density at radius 2 is 1.89 bits per heavy atom. The Morgan fingerprint density at radius 1 is 1.17 bits per heavy atom. The molecule has 1 saturated heterocycles.